The summed E-state index contributed by atoms with van der Waals surface area (Å²) in [6.07, 6.45) is 2.21. The third-order valence-corrected chi connectivity index (χ3v) is 3.86. The van der Waals surface area contributed by atoms with E-state index in [1.807, 2.05) is 17.9 Å². The molecule has 2 rings (SSSR count). The Balaban J connectivity index is 2.14. The summed E-state index contributed by atoms with van der Waals surface area (Å²) in [6, 6.07) is 3.57. The molecule has 0 bridgehead atoms. The van der Waals surface area contributed by atoms with E-state index in [1.165, 1.54) is 7.11 Å². The second-order valence-corrected chi connectivity index (χ2v) is 4.78. The Kier molecular flexibility index (Phi) is 3.99. The van der Waals surface area contributed by atoms with E-state index in [0.29, 0.717) is 25.3 Å². The number of ether oxygens (including phenoxy) is 1. The molecule has 1 aliphatic heterocycles. The third kappa shape index (κ3) is 2.53. The van der Waals surface area contributed by atoms with Crippen LogP contribution in [0.15, 0.2) is 12.1 Å². The van der Waals surface area contributed by atoms with Gasteiger partial charge in [0.15, 0.2) is 0 Å². The van der Waals surface area contributed by atoms with Gasteiger partial charge in [0, 0.05) is 12.6 Å². The molecule has 0 amide bonds. The van der Waals surface area contributed by atoms with Gasteiger partial charge in [-0.1, -0.05) is 6.92 Å². The normalized spacial score (nSPS) is 23.5. The van der Waals surface area contributed by atoms with Crippen LogP contribution in [0.2, 0.25) is 0 Å². The predicted molar refractivity (Wildman–Crippen MR) is 68.9 cm³/mol. The number of carboxylic acid groups (broad SMARTS) is 1. The molecule has 6 nitrogen and oxygen atoms in total. The number of aromatic nitrogens is 2. The first-order valence-electron chi connectivity index (χ1n) is 6.47. The average molecular weight is 265 g/mol. The number of hydrogen-bond acceptors (Lipinski definition) is 5. The first kappa shape index (κ1) is 13.7. The number of carbonyl (C=O) groups is 1. The molecule has 1 saturated heterocycles. The summed E-state index contributed by atoms with van der Waals surface area (Å²) in [6.45, 7) is 3.22. The van der Waals surface area contributed by atoms with Crippen molar-refractivity contribution < 1.29 is 14.6 Å². The van der Waals surface area contributed by atoms with E-state index < -0.39 is 11.5 Å². The first-order chi connectivity index (χ1) is 9.12. The summed E-state index contributed by atoms with van der Waals surface area (Å²) in [7, 11) is 1.54. The molecular formula is C13H19N3O3. The standard InChI is InChI=1S/C13H19N3O3/c1-3-13(12(17)18)7-4-8-16(13)9-10-5-6-11(19-2)15-14-10/h5-6H,3-4,7-9H2,1-2H3,(H,17,18). The van der Waals surface area contributed by atoms with Crippen LogP contribution < -0.4 is 4.74 Å². The second-order valence-electron chi connectivity index (χ2n) is 4.78. The second kappa shape index (κ2) is 5.52. The zero-order valence-corrected chi connectivity index (χ0v) is 11.3. The maximum Gasteiger partial charge on any atom is 0.324 e. The fourth-order valence-electron chi connectivity index (χ4n) is 2.70. The van der Waals surface area contributed by atoms with Crippen molar-refractivity contribution in [1.29, 1.82) is 0 Å². The molecule has 1 aliphatic rings. The molecule has 0 aliphatic carbocycles. The molecule has 19 heavy (non-hydrogen) atoms. The zero-order valence-electron chi connectivity index (χ0n) is 11.3. The lowest BCUT2D eigenvalue weighted by molar-refractivity contribution is -0.150. The van der Waals surface area contributed by atoms with Crippen LogP contribution in [0.25, 0.3) is 0 Å². The minimum absolute atomic E-state index is 0.463. The van der Waals surface area contributed by atoms with Gasteiger partial charge in [0.25, 0.3) is 0 Å². The maximum absolute atomic E-state index is 11.6. The van der Waals surface area contributed by atoms with Gasteiger partial charge in [-0.2, -0.15) is 5.10 Å². The van der Waals surface area contributed by atoms with Gasteiger partial charge in [-0.05, 0) is 31.9 Å². The third-order valence-electron chi connectivity index (χ3n) is 3.86. The Morgan fingerprint density at radius 1 is 1.53 bits per heavy atom. The molecular weight excluding hydrogens is 246 g/mol. The van der Waals surface area contributed by atoms with Crippen molar-refractivity contribution in [3.05, 3.63) is 17.8 Å². The van der Waals surface area contributed by atoms with Crippen molar-refractivity contribution in [2.75, 3.05) is 13.7 Å². The summed E-state index contributed by atoms with van der Waals surface area (Å²) in [5.74, 6) is -0.279. The Hall–Kier alpha value is -1.69. The zero-order chi connectivity index (χ0) is 13.9. The lowest BCUT2D eigenvalue weighted by atomic mass is 9.93. The molecule has 0 saturated carbocycles. The molecule has 1 unspecified atom stereocenters. The molecule has 0 aromatic carbocycles. The minimum Gasteiger partial charge on any atom is -0.480 e. The first-order valence-corrected chi connectivity index (χ1v) is 6.47. The highest BCUT2D eigenvalue weighted by molar-refractivity contribution is 5.79. The molecule has 1 fully saturated rings. The Morgan fingerprint density at radius 2 is 2.32 bits per heavy atom. The SMILES string of the molecule is CCC1(C(=O)O)CCCN1Cc1ccc(OC)nn1. The van der Waals surface area contributed by atoms with E-state index >= 15 is 0 Å². The van der Waals surface area contributed by atoms with Gasteiger partial charge in [0.05, 0.1) is 12.8 Å². The van der Waals surface area contributed by atoms with Crippen LogP contribution in [-0.4, -0.2) is 45.4 Å². The highest BCUT2D eigenvalue weighted by atomic mass is 16.5. The van der Waals surface area contributed by atoms with E-state index in [9.17, 15) is 9.90 Å². The Labute approximate surface area is 112 Å². The van der Waals surface area contributed by atoms with Crippen molar-refractivity contribution >= 4 is 5.97 Å². The fourth-order valence-corrected chi connectivity index (χ4v) is 2.70. The smallest absolute Gasteiger partial charge is 0.324 e. The van der Waals surface area contributed by atoms with Crippen molar-refractivity contribution in [3.63, 3.8) is 0 Å². The number of nitrogens with zero attached hydrogens (tertiary/aromatic N) is 3. The average Bonchev–Trinajstić information content (AvgIpc) is 2.83. The van der Waals surface area contributed by atoms with E-state index in [2.05, 4.69) is 10.2 Å². The monoisotopic (exact) mass is 265 g/mol. The number of rotatable bonds is 5. The van der Waals surface area contributed by atoms with Gasteiger partial charge in [0.2, 0.25) is 5.88 Å². The molecule has 1 aromatic rings. The summed E-state index contributed by atoms with van der Waals surface area (Å²) < 4.78 is 4.96. The van der Waals surface area contributed by atoms with Crippen molar-refractivity contribution in [1.82, 2.24) is 15.1 Å². The van der Waals surface area contributed by atoms with Crippen LogP contribution >= 0.6 is 0 Å². The number of methoxy groups -OCH3 is 1. The number of carboxylic acids is 1. The van der Waals surface area contributed by atoms with Crippen molar-refractivity contribution in [2.45, 2.75) is 38.3 Å². The van der Waals surface area contributed by atoms with E-state index in [-0.39, 0.29) is 0 Å². The molecule has 0 spiro atoms. The lowest BCUT2D eigenvalue weighted by Gasteiger charge is -2.33. The van der Waals surface area contributed by atoms with Gasteiger partial charge in [-0.15, -0.1) is 5.10 Å². The minimum atomic E-state index is -0.748. The van der Waals surface area contributed by atoms with Crippen LogP contribution in [0.4, 0.5) is 0 Å². The van der Waals surface area contributed by atoms with Crippen LogP contribution in [-0.2, 0) is 11.3 Å². The van der Waals surface area contributed by atoms with Crippen LogP contribution in [0.1, 0.15) is 31.9 Å². The number of hydrogen-bond donors (Lipinski definition) is 1. The maximum atomic E-state index is 11.6. The molecule has 6 heteroatoms. The van der Waals surface area contributed by atoms with Crippen molar-refractivity contribution in [3.8, 4) is 5.88 Å². The number of aliphatic carboxylic acids is 1. The van der Waals surface area contributed by atoms with Gasteiger partial charge in [-0.25, -0.2) is 0 Å². The van der Waals surface area contributed by atoms with Crippen LogP contribution in [0.5, 0.6) is 5.88 Å². The van der Waals surface area contributed by atoms with Crippen molar-refractivity contribution in [2.24, 2.45) is 0 Å². The molecule has 2 heterocycles. The topological polar surface area (TPSA) is 75.5 Å². The predicted octanol–water partition coefficient (Wildman–Crippen LogP) is 1.31. The highest BCUT2D eigenvalue weighted by Gasteiger charge is 2.46. The summed E-state index contributed by atoms with van der Waals surface area (Å²) in [5.41, 5.74) is 0.0171. The van der Waals surface area contributed by atoms with E-state index in [1.54, 1.807) is 6.07 Å². The van der Waals surface area contributed by atoms with E-state index in [4.69, 9.17) is 4.74 Å². The van der Waals surface area contributed by atoms with Gasteiger partial charge in [-0.3, -0.25) is 9.69 Å². The molecule has 1 aromatic heterocycles. The van der Waals surface area contributed by atoms with Crippen LogP contribution in [0, 0.1) is 0 Å². The molecule has 1 atom stereocenters. The van der Waals surface area contributed by atoms with Gasteiger partial charge in [0.1, 0.15) is 5.54 Å². The van der Waals surface area contributed by atoms with Gasteiger partial charge >= 0.3 is 5.97 Å². The molecule has 1 N–H and O–H groups in total. The quantitative estimate of drug-likeness (QED) is 0.865. The Morgan fingerprint density at radius 3 is 2.84 bits per heavy atom. The summed E-state index contributed by atoms with van der Waals surface area (Å²) in [4.78, 5) is 13.5. The lowest BCUT2D eigenvalue weighted by Crippen LogP contribution is -2.49. The highest BCUT2D eigenvalue weighted by Crippen LogP contribution is 2.33. The molecule has 0 radical (unpaired) electrons. The van der Waals surface area contributed by atoms with E-state index in [0.717, 1.165) is 18.7 Å². The summed E-state index contributed by atoms with van der Waals surface area (Å²) >= 11 is 0. The van der Waals surface area contributed by atoms with Gasteiger partial charge < -0.3 is 9.84 Å². The number of likely N-dealkylation sites (tertiary alicyclic amines) is 1. The fraction of sp³-hybridized carbons (Fsp3) is 0.615. The largest absolute Gasteiger partial charge is 0.480 e. The molecule has 104 valence electrons. The Bertz CT molecular complexity index is 449. The summed E-state index contributed by atoms with van der Waals surface area (Å²) in [5, 5.41) is 17.5. The van der Waals surface area contributed by atoms with Crippen LogP contribution in [0.3, 0.4) is 0 Å².